The van der Waals surface area contributed by atoms with E-state index in [0.717, 1.165) is 7.11 Å². The van der Waals surface area contributed by atoms with Gasteiger partial charge in [0.05, 0.1) is 37.3 Å². The normalized spacial score (nSPS) is 18.9. The molecule has 1 aliphatic rings. The number of hydrogen-bond acceptors (Lipinski definition) is 7. The Kier molecular flexibility index (Phi) is 10.2. The van der Waals surface area contributed by atoms with E-state index in [9.17, 15) is 14.0 Å². The largest absolute Gasteiger partial charge is 0.468 e. The molecule has 7 nitrogen and oxygen atoms in total. The summed E-state index contributed by atoms with van der Waals surface area (Å²) in [7, 11) is 1.15. The third-order valence-corrected chi connectivity index (χ3v) is 5.18. The van der Waals surface area contributed by atoms with Crippen LogP contribution in [0.15, 0.2) is 40.5 Å². The number of carbonyl (C=O) groups excluding carboxylic acids is 2. The van der Waals surface area contributed by atoms with Crippen LogP contribution in [0.2, 0.25) is 5.02 Å². The second-order valence-corrected chi connectivity index (χ2v) is 9.55. The van der Waals surface area contributed by atoms with Gasteiger partial charge in [0.25, 0.3) is 0 Å². The molecule has 2 rings (SSSR count). The number of hydrogen-bond donors (Lipinski definition) is 1. The number of benzene rings is 1. The molecule has 2 atom stereocenters. The van der Waals surface area contributed by atoms with Gasteiger partial charge in [-0.2, -0.15) is 0 Å². The molecule has 32 heavy (non-hydrogen) atoms. The van der Waals surface area contributed by atoms with Crippen LogP contribution in [0.1, 0.15) is 11.5 Å². The Morgan fingerprint density at radius 2 is 1.94 bits per heavy atom. The zero-order valence-electron chi connectivity index (χ0n) is 17.0. The van der Waals surface area contributed by atoms with E-state index in [-0.39, 0.29) is 41.8 Å². The zero-order chi connectivity index (χ0) is 23.9. The fourth-order valence-electron chi connectivity index (χ4n) is 3.25. The lowest BCUT2D eigenvalue weighted by Gasteiger charge is -2.32. The van der Waals surface area contributed by atoms with Crippen molar-refractivity contribution in [1.82, 2.24) is 0 Å². The van der Waals surface area contributed by atoms with Crippen LogP contribution >= 0.6 is 46.4 Å². The van der Waals surface area contributed by atoms with Crippen molar-refractivity contribution in [3.8, 4) is 0 Å². The fraction of sp³-hybridized carbons (Fsp3) is 0.450. The Bertz CT molecular complexity index is 904. The second kappa shape index (κ2) is 12.2. The third-order valence-electron chi connectivity index (χ3n) is 4.51. The Labute approximate surface area is 204 Å². The first-order valence-corrected chi connectivity index (χ1v) is 10.9. The lowest BCUT2D eigenvalue weighted by Crippen LogP contribution is -2.39. The predicted octanol–water partition coefficient (Wildman–Crippen LogP) is 3.78. The standard InChI is InChI=1S/C20H21Cl4FN2O5/c1-30-18(28)16-13(8-25)27-14(9-31-7-6-26)17(19(29)32-10-20(22,23)24)15(16)11-4-2-3-5-12(11)21/h2-5,15-16H,6-10,26H2,1H3. The van der Waals surface area contributed by atoms with Gasteiger partial charge in [0.1, 0.15) is 19.2 Å². The van der Waals surface area contributed by atoms with Gasteiger partial charge in [-0.1, -0.05) is 64.6 Å². The average molecular weight is 530 g/mol. The van der Waals surface area contributed by atoms with Crippen LogP contribution in [0, 0.1) is 5.92 Å². The summed E-state index contributed by atoms with van der Waals surface area (Å²) in [6.45, 7) is -1.49. The highest BCUT2D eigenvalue weighted by Crippen LogP contribution is 2.43. The molecule has 0 saturated heterocycles. The summed E-state index contributed by atoms with van der Waals surface area (Å²) in [5.74, 6) is -4.10. The summed E-state index contributed by atoms with van der Waals surface area (Å²) in [4.78, 5) is 30.0. The maximum Gasteiger partial charge on any atom is 0.336 e. The summed E-state index contributed by atoms with van der Waals surface area (Å²) in [5, 5.41) is 0.236. The van der Waals surface area contributed by atoms with Gasteiger partial charge in [-0.25, -0.2) is 9.18 Å². The van der Waals surface area contributed by atoms with Crippen molar-refractivity contribution in [3.05, 3.63) is 46.1 Å². The zero-order valence-corrected chi connectivity index (χ0v) is 20.0. The second-order valence-electron chi connectivity index (χ2n) is 6.63. The molecule has 1 aromatic carbocycles. The molecule has 0 fully saturated rings. The third kappa shape index (κ3) is 6.79. The maximum absolute atomic E-state index is 14.0. The van der Waals surface area contributed by atoms with Crippen LogP contribution in [-0.2, 0) is 23.8 Å². The quantitative estimate of drug-likeness (QED) is 0.297. The molecule has 12 heteroatoms. The van der Waals surface area contributed by atoms with Crippen LogP contribution < -0.4 is 5.73 Å². The van der Waals surface area contributed by atoms with Gasteiger partial charge in [0.2, 0.25) is 3.79 Å². The summed E-state index contributed by atoms with van der Waals surface area (Å²) < 4.78 is 27.6. The van der Waals surface area contributed by atoms with E-state index in [1.807, 2.05) is 0 Å². The predicted molar refractivity (Wildman–Crippen MR) is 121 cm³/mol. The van der Waals surface area contributed by atoms with E-state index in [1.54, 1.807) is 24.3 Å². The van der Waals surface area contributed by atoms with Gasteiger partial charge in [-0.15, -0.1) is 0 Å². The molecule has 0 spiro atoms. The lowest BCUT2D eigenvalue weighted by atomic mass is 9.75. The monoisotopic (exact) mass is 528 g/mol. The van der Waals surface area contributed by atoms with Gasteiger partial charge in [-0.05, 0) is 11.6 Å². The number of carbonyl (C=O) groups is 2. The minimum atomic E-state index is -1.88. The van der Waals surface area contributed by atoms with E-state index in [0.29, 0.717) is 5.56 Å². The number of esters is 2. The number of alkyl halides is 4. The summed E-state index contributed by atoms with van der Waals surface area (Å²) in [6, 6.07) is 6.50. The highest BCUT2D eigenvalue weighted by molar-refractivity contribution is 6.67. The number of ether oxygens (including phenoxy) is 3. The highest BCUT2D eigenvalue weighted by atomic mass is 35.6. The molecule has 1 aliphatic heterocycles. The first-order valence-electron chi connectivity index (χ1n) is 9.35. The van der Waals surface area contributed by atoms with Gasteiger partial charge in [-0.3, -0.25) is 9.79 Å². The average Bonchev–Trinajstić information content (AvgIpc) is 2.76. The van der Waals surface area contributed by atoms with Crippen LogP contribution in [0.4, 0.5) is 4.39 Å². The van der Waals surface area contributed by atoms with Crippen molar-refractivity contribution in [2.24, 2.45) is 16.6 Å². The van der Waals surface area contributed by atoms with Crippen LogP contribution in [0.25, 0.3) is 0 Å². The SMILES string of the molecule is COC(=O)C1C(CF)=NC(COCCN)=C(C(=O)OCC(Cl)(Cl)Cl)C1c1ccccc1Cl. The topological polar surface area (TPSA) is 100 Å². The molecule has 2 unspecified atom stereocenters. The maximum atomic E-state index is 14.0. The Hall–Kier alpha value is -1.42. The van der Waals surface area contributed by atoms with E-state index in [1.165, 1.54) is 0 Å². The number of nitrogens with zero attached hydrogens (tertiary/aromatic N) is 1. The summed E-state index contributed by atoms with van der Waals surface area (Å²) in [6.07, 6.45) is 0. The Balaban J connectivity index is 2.70. The van der Waals surface area contributed by atoms with Crippen LogP contribution in [0.3, 0.4) is 0 Å². The van der Waals surface area contributed by atoms with Crippen molar-refractivity contribution in [1.29, 1.82) is 0 Å². The smallest absolute Gasteiger partial charge is 0.336 e. The molecule has 176 valence electrons. The molecule has 2 N–H and O–H groups in total. The first kappa shape index (κ1) is 26.8. The summed E-state index contributed by atoms with van der Waals surface area (Å²) in [5.41, 5.74) is 5.63. The van der Waals surface area contributed by atoms with Gasteiger partial charge >= 0.3 is 11.9 Å². The number of nitrogens with two attached hydrogens (primary N) is 1. The molecule has 1 heterocycles. The lowest BCUT2D eigenvalue weighted by molar-refractivity contribution is -0.144. The molecule has 0 amide bonds. The minimum Gasteiger partial charge on any atom is -0.468 e. The van der Waals surface area contributed by atoms with Crippen molar-refractivity contribution in [2.75, 3.05) is 40.1 Å². The molecule has 0 saturated carbocycles. The highest BCUT2D eigenvalue weighted by Gasteiger charge is 2.45. The van der Waals surface area contributed by atoms with Crippen LogP contribution in [-0.4, -0.2) is 61.6 Å². The molecule has 0 aliphatic carbocycles. The Morgan fingerprint density at radius 3 is 2.50 bits per heavy atom. The Morgan fingerprint density at radius 1 is 1.25 bits per heavy atom. The fourth-order valence-corrected chi connectivity index (χ4v) is 3.67. The van der Waals surface area contributed by atoms with Gasteiger partial charge < -0.3 is 19.9 Å². The van der Waals surface area contributed by atoms with Gasteiger partial charge in [0, 0.05) is 17.5 Å². The number of halogens is 5. The molecule has 0 radical (unpaired) electrons. The molecule has 0 bridgehead atoms. The van der Waals surface area contributed by atoms with Crippen LogP contribution in [0.5, 0.6) is 0 Å². The van der Waals surface area contributed by atoms with Gasteiger partial charge in [0.15, 0.2) is 0 Å². The van der Waals surface area contributed by atoms with E-state index in [4.69, 9.17) is 66.3 Å². The number of methoxy groups -OCH3 is 1. The summed E-state index contributed by atoms with van der Waals surface area (Å²) >= 11 is 23.5. The van der Waals surface area contributed by atoms with Crippen molar-refractivity contribution < 1.29 is 28.2 Å². The molecule has 0 aromatic heterocycles. The number of aliphatic imine (C=N–C) groups is 1. The molecule has 1 aromatic rings. The van der Waals surface area contributed by atoms with Crippen molar-refractivity contribution in [2.45, 2.75) is 9.71 Å². The van der Waals surface area contributed by atoms with E-state index < -0.39 is 40.8 Å². The molecular formula is C20H21Cl4FN2O5. The van der Waals surface area contributed by atoms with E-state index in [2.05, 4.69) is 4.99 Å². The minimum absolute atomic E-state index is 0.0468. The van der Waals surface area contributed by atoms with Crippen molar-refractivity contribution >= 4 is 64.1 Å². The first-order chi connectivity index (χ1) is 15.1. The van der Waals surface area contributed by atoms with E-state index >= 15 is 0 Å². The number of rotatable bonds is 9. The molecular weight excluding hydrogens is 509 g/mol. The van der Waals surface area contributed by atoms with Crippen molar-refractivity contribution in [3.63, 3.8) is 0 Å².